The Kier molecular flexibility index (Phi) is 4.83. The summed E-state index contributed by atoms with van der Waals surface area (Å²) in [7, 11) is 0. The molecule has 0 bridgehead atoms. The van der Waals surface area contributed by atoms with Crippen LogP contribution in [0.4, 0.5) is 0 Å². The normalized spacial score (nSPS) is 11.9. The standard InChI is InChI=1S/C13H21N3/c1-10(2)16-13(14)15-9-8-12-6-4-11(3)5-7-12/h4-7,10H,8-9H2,1-3H3,(H3,14,15,16). The molecular formula is C13H21N3. The molecule has 0 fully saturated rings. The van der Waals surface area contributed by atoms with Crippen molar-refractivity contribution in [3.63, 3.8) is 0 Å². The molecule has 3 heteroatoms. The quantitative estimate of drug-likeness (QED) is 0.600. The van der Waals surface area contributed by atoms with Crippen molar-refractivity contribution in [2.24, 2.45) is 10.7 Å². The van der Waals surface area contributed by atoms with Crippen LogP contribution in [0.1, 0.15) is 25.0 Å². The highest BCUT2D eigenvalue weighted by molar-refractivity contribution is 5.78. The number of aliphatic imine (C=N–C) groups is 1. The molecule has 16 heavy (non-hydrogen) atoms. The molecule has 1 rings (SSSR count). The molecular weight excluding hydrogens is 198 g/mol. The van der Waals surface area contributed by atoms with Gasteiger partial charge >= 0.3 is 0 Å². The largest absolute Gasteiger partial charge is 0.370 e. The summed E-state index contributed by atoms with van der Waals surface area (Å²) in [6.07, 6.45) is 0.931. The molecule has 0 saturated carbocycles. The topological polar surface area (TPSA) is 50.4 Å². The molecule has 0 aliphatic heterocycles. The van der Waals surface area contributed by atoms with E-state index in [0.717, 1.165) is 13.0 Å². The fourth-order valence-corrected chi connectivity index (χ4v) is 1.40. The number of benzene rings is 1. The second kappa shape index (κ2) is 6.16. The summed E-state index contributed by atoms with van der Waals surface area (Å²) in [5.41, 5.74) is 8.29. The van der Waals surface area contributed by atoms with Crippen molar-refractivity contribution < 1.29 is 0 Å². The van der Waals surface area contributed by atoms with Gasteiger partial charge in [-0.25, -0.2) is 0 Å². The zero-order chi connectivity index (χ0) is 12.0. The summed E-state index contributed by atoms with van der Waals surface area (Å²) in [6.45, 7) is 6.91. The van der Waals surface area contributed by atoms with Crippen LogP contribution >= 0.6 is 0 Å². The van der Waals surface area contributed by atoms with Crippen molar-refractivity contribution >= 4 is 5.96 Å². The third-order valence-corrected chi connectivity index (χ3v) is 2.24. The van der Waals surface area contributed by atoms with E-state index in [1.807, 2.05) is 13.8 Å². The Labute approximate surface area is 97.8 Å². The minimum Gasteiger partial charge on any atom is -0.370 e. The van der Waals surface area contributed by atoms with Gasteiger partial charge in [0.1, 0.15) is 0 Å². The van der Waals surface area contributed by atoms with Gasteiger partial charge in [-0.1, -0.05) is 29.8 Å². The van der Waals surface area contributed by atoms with Crippen LogP contribution in [0.3, 0.4) is 0 Å². The van der Waals surface area contributed by atoms with E-state index in [1.165, 1.54) is 11.1 Å². The lowest BCUT2D eigenvalue weighted by Gasteiger charge is -2.08. The molecule has 3 N–H and O–H groups in total. The maximum Gasteiger partial charge on any atom is 0.188 e. The third-order valence-electron chi connectivity index (χ3n) is 2.24. The number of hydrogen-bond donors (Lipinski definition) is 2. The molecule has 0 heterocycles. The van der Waals surface area contributed by atoms with Gasteiger partial charge in [0.15, 0.2) is 5.96 Å². The minimum atomic E-state index is 0.336. The Balaban J connectivity index is 2.37. The second-order valence-corrected chi connectivity index (χ2v) is 4.30. The Bertz CT molecular complexity index is 339. The molecule has 0 amide bonds. The van der Waals surface area contributed by atoms with E-state index < -0.39 is 0 Å². The van der Waals surface area contributed by atoms with Gasteiger partial charge < -0.3 is 11.1 Å². The number of guanidine groups is 1. The highest BCUT2D eigenvalue weighted by Gasteiger charge is 1.95. The predicted molar refractivity (Wildman–Crippen MR) is 69.6 cm³/mol. The molecule has 1 aromatic rings. The molecule has 0 aliphatic carbocycles. The van der Waals surface area contributed by atoms with Gasteiger partial charge in [-0.3, -0.25) is 4.99 Å². The van der Waals surface area contributed by atoms with Crippen LogP contribution in [0, 0.1) is 6.92 Å². The molecule has 0 saturated heterocycles. The van der Waals surface area contributed by atoms with Crippen LogP contribution in [0.5, 0.6) is 0 Å². The molecule has 1 aromatic carbocycles. The monoisotopic (exact) mass is 219 g/mol. The highest BCUT2D eigenvalue weighted by Crippen LogP contribution is 2.03. The van der Waals surface area contributed by atoms with Gasteiger partial charge in [0.05, 0.1) is 0 Å². The van der Waals surface area contributed by atoms with Crippen molar-refractivity contribution in [3.05, 3.63) is 35.4 Å². The Hall–Kier alpha value is -1.51. The van der Waals surface area contributed by atoms with Gasteiger partial charge in [0.25, 0.3) is 0 Å². The van der Waals surface area contributed by atoms with Gasteiger partial charge in [-0.15, -0.1) is 0 Å². The van der Waals surface area contributed by atoms with Crippen molar-refractivity contribution in [1.82, 2.24) is 5.32 Å². The zero-order valence-electron chi connectivity index (χ0n) is 10.3. The summed E-state index contributed by atoms with van der Waals surface area (Å²) in [6, 6.07) is 8.85. The van der Waals surface area contributed by atoms with Gasteiger partial charge in [0, 0.05) is 12.6 Å². The minimum absolute atomic E-state index is 0.336. The summed E-state index contributed by atoms with van der Waals surface area (Å²) in [5, 5.41) is 3.07. The van der Waals surface area contributed by atoms with E-state index >= 15 is 0 Å². The summed E-state index contributed by atoms with van der Waals surface area (Å²) in [4.78, 5) is 4.27. The predicted octanol–water partition coefficient (Wildman–Crippen LogP) is 1.85. The van der Waals surface area contributed by atoms with Crippen molar-refractivity contribution in [2.75, 3.05) is 6.54 Å². The molecule has 0 radical (unpaired) electrons. The lowest BCUT2D eigenvalue weighted by molar-refractivity contribution is 0.723. The van der Waals surface area contributed by atoms with Crippen molar-refractivity contribution in [2.45, 2.75) is 33.2 Å². The van der Waals surface area contributed by atoms with Gasteiger partial charge in [-0.05, 0) is 32.8 Å². The summed E-state index contributed by atoms with van der Waals surface area (Å²) >= 11 is 0. The highest BCUT2D eigenvalue weighted by atomic mass is 15.1. The van der Waals surface area contributed by atoms with Crippen LogP contribution in [0.2, 0.25) is 0 Å². The fourth-order valence-electron chi connectivity index (χ4n) is 1.40. The zero-order valence-corrected chi connectivity index (χ0v) is 10.3. The fraction of sp³-hybridized carbons (Fsp3) is 0.462. The molecule has 0 unspecified atom stereocenters. The first-order valence-corrected chi connectivity index (χ1v) is 5.70. The second-order valence-electron chi connectivity index (χ2n) is 4.30. The van der Waals surface area contributed by atoms with E-state index in [9.17, 15) is 0 Å². The number of aryl methyl sites for hydroxylation is 1. The van der Waals surface area contributed by atoms with Crippen molar-refractivity contribution in [3.8, 4) is 0 Å². The smallest absolute Gasteiger partial charge is 0.188 e. The SMILES string of the molecule is Cc1ccc(CCN=C(N)NC(C)C)cc1. The Morgan fingerprint density at radius 3 is 2.50 bits per heavy atom. The third kappa shape index (κ3) is 4.82. The lowest BCUT2D eigenvalue weighted by Crippen LogP contribution is -2.36. The van der Waals surface area contributed by atoms with Crippen LogP contribution in [0.15, 0.2) is 29.3 Å². The first kappa shape index (κ1) is 12.6. The maximum atomic E-state index is 5.70. The van der Waals surface area contributed by atoms with Crippen molar-refractivity contribution in [1.29, 1.82) is 0 Å². The Morgan fingerprint density at radius 2 is 1.94 bits per heavy atom. The number of hydrogen-bond acceptors (Lipinski definition) is 1. The number of nitrogens with two attached hydrogens (primary N) is 1. The van der Waals surface area contributed by atoms with Crippen LogP contribution < -0.4 is 11.1 Å². The van der Waals surface area contributed by atoms with E-state index in [1.54, 1.807) is 0 Å². The summed E-state index contributed by atoms with van der Waals surface area (Å²) < 4.78 is 0. The van der Waals surface area contributed by atoms with Crippen LogP contribution in [0.25, 0.3) is 0 Å². The average Bonchev–Trinajstić information content (AvgIpc) is 2.20. The molecule has 0 aromatic heterocycles. The first-order valence-electron chi connectivity index (χ1n) is 5.70. The van der Waals surface area contributed by atoms with Crippen LogP contribution in [-0.2, 0) is 6.42 Å². The molecule has 0 atom stereocenters. The van der Waals surface area contributed by atoms with E-state index in [4.69, 9.17) is 5.73 Å². The molecule has 88 valence electrons. The number of rotatable bonds is 4. The van der Waals surface area contributed by atoms with Gasteiger partial charge in [0.2, 0.25) is 0 Å². The average molecular weight is 219 g/mol. The maximum absolute atomic E-state index is 5.70. The van der Waals surface area contributed by atoms with E-state index in [0.29, 0.717) is 12.0 Å². The van der Waals surface area contributed by atoms with Gasteiger partial charge in [-0.2, -0.15) is 0 Å². The molecule has 0 aliphatic rings. The van der Waals surface area contributed by atoms with Crippen LogP contribution in [-0.4, -0.2) is 18.5 Å². The number of nitrogens with zero attached hydrogens (tertiary/aromatic N) is 1. The molecule has 0 spiro atoms. The molecule has 3 nitrogen and oxygen atoms in total. The van der Waals surface area contributed by atoms with E-state index in [-0.39, 0.29) is 0 Å². The summed E-state index contributed by atoms with van der Waals surface area (Å²) in [5.74, 6) is 0.530. The Morgan fingerprint density at radius 1 is 1.31 bits per heavy atom. The first-order chi connectivity index (χ1) is 7.58. The lowest BCUT2D eigenvalue weighted by atomic mass is 10.1. The number of nitrogens with one attached hydrogen (secondary N) is 1. The van der Waals surface area contributed by atoms with E-state index in [2.05, 4.69) is 41.5 Å².